The topological polar surface area (TPSA) is 64.9 Å². The molecule has 0 saturated carbocycles. The zero-order valence-corrected chi connectivity index (χ0v) is 12.9. The Balaban J connectivity index is 0.000000200. The van der Waals surface area contributed by atoms with Crippen molar-refractivity contribution in [2.24, 2.45) is 0 Å². The summed E-state index contributed by atoms with van der Waals surface area (Å²) in [5, 5.41) is 0. The molecule has 0 aliphatic carbocycles. The molecule has 0 atom stereocenters. The molecule has 0 unspecified atom stereocenters. The molecule has 4 N–H and O–H groups in total. The van der Waals surface area contributed by atoms with E-state index in [0.717, 1.165) is 28.7 Å². The Morgan fingerprint density at radius 2 is 1.37 bits per heavy atom. The molecule has 102 valence electrons. The fourth-order valence-electron chi connectivity index (χ4n) is 1.48. The van der Waals surface area contributed by atoms with Gasteiger partial charge < -0.3 is 11.5 Å². The van der Waals surface area contributed by atoms with Crippen LogP contribution in [0.2, 0.25) is 0 Å². The summed E-state index contributed by atoms with van der Waals surface area (Å²) in [6, 6.07) is 11.4. The van der Waals surface area contributed by atoms with E-state index in [2.05, 4.69) is 46.9 Å². The van der Waals surface area contributed by atoms with Gasteiger partial charge in [0.1, 0.15) is 0 Å². The number of hydrogen-bond acceptors (Lipinski definition) is 3. The molecule has 0 spiro atoms. The van der Waals surface area contributed by atoms with Crippen LogP contribution in [0.25, 0.3) is 0 Å². The fourth-order valence-corrected chi connectivity index (χ4v) is 2.01. The number of aryl methyl sites for hydroxylation is 2. The molecule has 2 rings (SSSR count). The fraction of sp³-hybridized carbons (Fsp3) is 0.267. The Labute approximate surface area is 123 Å². The number of nitrogen functional groups attached to an aromatic ring is 2. The van der Waals surface area contributed by atoms with Gasteiger partial charge >= 0.3 is 0 Å². The third kappa shape index (κ3) is 5.30. The highest BCUT2D eigenvalue weighted by molar-refractivity contribution is 9.10. The summed E-state index contributed by atoms with van der Waals surface area (Å²) in [5.74, 6) is 0. The Kier molecular flexibility index (Phi) is 6.36. The summed E-state index contributed by atoms with van der Waals surface area (Å²) in [7, 11) is 0. The van der Waals surface area contributed by atoms with E-state index in [9.17, 15) is 0 Å². The molecule has 0 saturated heterocycles. The first kappa shape index (κ1) is 15.5. The zero-order chi connectivity index (χ0) is 14.3. The number of aromatic nitrogens is 1. The van der Waals surface area contributed by atoms with E-state index in [-0.39, 0.29) is 0 Å². The van der Waals surface area contributed by atoms with E-state index in [1.54, 1.807) is 12.1 Å². The van der Waals surface area contributed by atoms with Crippen LogP contribution in [0.5, 0.6) is 0 Å². The standard InChI is InChI=1S/C9H12BrN.C6H8N2/c1-3-8-5-7(10)6-9(4-2)11-8;7-5-3-1-2-4-6(5)8/h5-6H,3-4H2,1-2H3;1-4H,7-8H2. The van der Waals surface area contributed by atoms with E-state index >= 15 is 0 Å². The molecule has 1 aromatic carbocycles. The second-order valence-corrected chi connectivity index (χ2v) is 5.02. The van der Waals surface area contributed by atoms with Gasteiger partial charge in [0, 0.05) is 15.9 Å². The normalized spacial score (nSPS) is 9.63. The number of anilines is 2. The van der Waals surface area contributed by atoms with Gasteiger partial charge in [0.15, 0.2) is 0 Å². The lowest BCUT2D eigenvalue weighted by molar-refractivity contribution is 0.951. The number of nitrogens with two attached hydrogens (primary N) is 2. The quantitative estimate of drug-likeness (QED) is 0.826. The van der Waals surface area contributed by atoms with Crippen LogP contribution in [-0.2, 0) is 12.8 Å². The molecular weight excluding hydrogens is 302 g/mol. The second-order valence-electron chi connectivity index (χ2n) is 4.10. The van der Waals surface area contributed by atoms with Crippen LogP contribution in [0.1, 0.15) is 25.2 Å². The van der Waals surface area contributed by atoms with Gasteiger partial charge in [-0.2, -0.15) is 0 Å². The molecule has 0 bridgehead atoms. The van der Waals surface area contributed by atoms with Crippen LogP contribution in [0.3, 0.4) is 0 Å². The summed E-state index contributed by atoms with van der Waals surface area (Å²) in [4.78, 5) is 4.44. The van der Waals surface area contributed by atoms with E-state index in [4.69, 9.17) is 11.5 Å². The van der Waals surface area contributed by atoms with Crippen molar-refractivity contribution in [3.8, 4) is 0 Å². The summed E-state index contributed by atoms with van der Waals surface area (Å²) in [5.41, 5.74) is 14.4. The van der Waals surface area contributed by atoms with Crippen molar-refractivity contribution in [1.82, 2.24) is 4.98 Å². The number of pyridine rings is 1. The van der Waals surface area contributed by atoms with E-state index in [1.807, 2.05) is 12.1 Å². The van der Waals surface area contributed by atoms with Crippen LogP contribution in [0.15, 0.2) is 40.9 Å². The lowest BCUT2D eigenvalue weighted by Gasteiger charge is -2.00. The first-order chi connectivity index (χ1) is 9.06. The van der Waals surface area contributed by atoms with Crippen molar-refractivity contribution in [3.63, 3.8) is 0 Å². The van der Waals surface area contributed by atoms with Crippen molar-refractivity contribution < 1.29 is 0 Å². The Morgan fingerprint density at radius 3 is 1.68 bits per heavy atom. The van der Waals surface area contributed by atoms with Gasteiger partial charge in [-0.3, -0.25) is 4.98 Å². The van der Waals surface area contributed by atoms with Gasteiger partial charge in [-0.25, -0.2) is 0 Å². The maximum Gasteiger partial charge on any atom is 0.0547 e. The highest BCUT2D eigenvalue weighted by Crippen LogP contribution is 2.13. The van der Waals surface area contributed by atoms with E-state index < -0.39 is 0 Å². The first-order valence-electron chi connectivity index (χ1n) is 6.32. The molecule has 4 heteroatoms. The second kappa shape index (κ2) is 7.79. The molecule has 0 radical (unpaired) electrons. The molecule has 1 aromatic heterocycles. The minimum absolute atomic E-state index is 0.646. The monoisotopic (exact) mass is 321 g/mol. The van der Waals surface area contributed by atoms with Crippen molar-refractivity contribution in [1.29, 1.82) is 0 Å². The van der Waals surface area contributed by atoms with Gasteiger partial charge in [-0.1, -0.05) is 41.9 Å². The average Bonchev–Trinajstić information content (AvgIpc) is 2.42. The molecule has 0 fully saturated rings. The maximum absolute atomic E-state index is 5.39. The van der Waals surface area contributed by atoms with E-state index in [1.165, 1.54) is 0 Å². The predicted molar refractivity (Wildman–Crippen MR) is 86.0 cm³/mol. The van der Waals surface area contributed by atoms with Crippen molar-refractivity contribution in [2.45, 2.75) is 26.7 Å². The van der Waals surface area contributed by atoms with Crippen molar-refractivity contribution in [3.05, 3.63) is 52.3 Å². The van der Waals surface area contributed by atoms with E-state index in [0.29, 0.717) is 11.4 Å². The zero-order valence-electron chi connectivity index (χ0n) is 11.4. The smallest absolute Gasteiger partial charge is 0.0547 e. The molecule has 0 amide bonds. The Hall–Kier alpha value is -1.55. The highest BCUT2D eigenvalue weighted by Gasteiger charge is 1.96. The molecule has 19 heavy (non-hydrogen) atoms. The number of halogens is 1. The number of nitrogens with zero attached hydrogens (tertiary/aromatic N) is 1. The number of hydrogen-bond donors (Lipinski definition) is 2. The minimum Gasteiger partial charge on any atom is -0.397 e. The van der Waals surface area contributed by atoms with Gasteiger partial charge in [0.05, 0.1) is 11.4 Å². The summed E-state index contributed by atoms with van der Waals surface area (Å²) < 4.78 is 1.14. The maximum atomic E-state index is 5.39. The van der Waals surface area contributed by atoms with Gasteiger partial charge in [-0.05, 0) is 37.1 Å². The highest BCUT2D eigenvalue weighted by atomic mass is 79.9. The molecule has 2 aromatic rings. The Bertz CT molecular complexity index is 483. The van der Waals surface area contributed by atoms with Crippen LogP contribution in [0, 0.1) is 0 Å². The van der Waals surface area contributed by atoms with Gasteiger partial charge in [0.25, 0.3) is 0 Å². The lowest BCUT2D eigenvalue weighted by atomic mass is 10.2. The summed E-state index contributed by atoms with van der Waals surface area (Å²) in [6.45, 7) is 4.24. The van der Waals surface area contributed by atoms with Crippen LogP contribution < -0.4 is 11.5 Å². The third-order valence-electron chi connectivity index (χ3n) is 2.62. The molecule has 3 nitrogen and oxygen atoms in total. The van der Waals surface area contributed by atoms with Crippen LogP contribution in [-0.4, -0.2) is 4.98 Å². The van der Waals surface area contributed by atoms with Crippen molar-refractivity contribution >= 4 is 27.3 Å². The molecule has 1 heterocycles. The number of benzene rings is 1. The van der Waals surface area contributed by atoms with Crippen molar-refractivity contribution in [2.75, 3.05) is 11.5 Å². The van der Waals surface area contributed by atoms with Gasteiger partial charge in [-0.15, -0.1) is 0 Å². The summed E-state index contributed by atoms with van der Waals surface area (Å²) >= 11 is 3.45. The Morgan fingerprint density at radius 1 is 0.947 bits per heavy atom. The lowest BCUT2D eigenvalue weighted by Crippen LogP contribution is -1.92. The molecule has 0 aliphatic rings. The summed E-state index contributed by atoms with van der Waals surface area (Å²) in [6.07, 6.45) is 2.01. The van der Waals surface area contributed by atoms with Crippen LogP contribution in [0.4, 0.5) is 11.4 Å². The van der Waals surface area contributed by atoms with Gasteiger partial charge in [0.2, 0.25) is 0 Å². The van der Waals surface area contributed by atoms with Crippen LogP contribution >= 0.6 is 15.9 Å². The minimum atomic E-state index is 0.646. The number of rotatable bonds is 2. The molecule has 0 aliphatic heterocycles. The molecular formula is C15H20BrN3. The SMILES string of the molecule is CCc1cc(Br)cc(CC)n1.Nc1ccccc1N. The number of para-hydroxylation sites is 2. The first-order valence-corrected chi connectivity index (χ1v) is 7.11. The predicted octanol–water partition coefficient (Wildman–Crippen LogP) is 3.82. The largest absolute Gasteiger partial charge is 0.397 e. The third-order valence-corrected chi connectivity index (χ3v) is 3.07. The average molecular weight is 322 g/mol.